The second-order valence-electron chi connectivity index (χ2n) is 4.27. The van der Waals surface area contributed by atoms with E-state index in [0.717, 1.165) is 12.8 Å². The highest BCUT2D eigenvalue weighted by Crippen LogP contribution is 2.19. The van der Waals surface area contributed by atoms with Gasteiger partial charge >= 0.3 is 0 Å². The van der Waals surface area contributed by atoms with Crippen molar-refractivity contribution < 1.29 is 14.3 Å². The largest absolute Gasteiger partial charge is 0.486 e. The zero-order valence-electron chi connectivity index (χ0n) is 10.4. The summed E-state index contributed by atoms with van der Waals surface area (Å²) >= 11 is 4.74. The van der Waals surface area contributed by atoms with Crippen LogP contribution in [0.2, 0.25) is 0 Å². The van der Waals surface area contributed by atoms with E-state index in [4.69, 9.17) is 27.4 Å². The van der Waals surface area contributed by atoms with E-state index in [2.05, 4.69) is 5.32 Å². The third-order valence-corrected chi connectivity index (χ3v) is 2.82. The van der Waals surface area contributed by atoms with E-state index >= 15 is 0 Å². The minimum Gasteiger partial charge on any atom is -0.486 e. The quantitative estimate of drug-likeness (QED) is 0.799. The van der Waals surface area contributed by atoms with E-state index in [1.165, 1.54) is 0 Å². The smallest absolute Gasteiger partial charge is 0.253 e. The number of carbonyl (C=O) groups is 1. The highest BCUT2D eigenvalue weighted by molar-refractivity contribution is 7.80. The van der Waals surface area contributed by atoms with Crippen LogP contribution < -0.4 is 15.8 Å². The average Bonchev–Trinajstić information content (AvgIpc) is 2.91. The second kappa shape index (κ2) is 6.49. The van der Waals surface area contributed by atoms with Gasteiger partial charge in [0, 0.05) is 18.4 Å². The summed E-state index contributed by atoms with van der Waals surface area (Å²) in [5, 5.41) is 2.80. The summed E-state index contributed by atoms with van der Waals surface area (Å²) in [6.45, 7) is 0.827. The normalized spacial score (nSPS) is 18.0. The molecule has 0 radical (unpaired) electrons. The molecule has 0 aromatic heterocycles. The molecule has 0 saturated carbocycles. The molecule has 0 aliphatic carbocycles. The molecule has 1 aliphatic rings. The van der Waals surface area contributed by atoms with Gasteiger partial charge in [0.15, 0.2) is 0 Å². The summed E-state index contributed by atoms with van der Waals surface area (Å²) in [7, 11) is 0. The number of thiocarbonyl (C=S) groups is 1. The van der Waals surface area contributed by atoms with Crippen LogP contribution in [0, 0.1) is 0 Å². The van der Waals surface area contributed by atoms with Crippen molar-refractivity contribution in [3.8, 4) is 5.75 Å². The van der Waals surface area contributed by atoms with Gasteiger partial charge in [0.05, 0.1) is 0 Å². The summed E-state index contributed by atoms with van der Waals surface area (Å²) in [6.07, 6.45) is 1.35. The third kappa shape index (κ3) is 4.18. The van der Waals surface area contributed by atoms with Gasteiger partial charge in [-0.05, 0) is 25.0 Å². The van der Waals surface area contributed by atoms with Crippen LogP contribution >= 0.6 is 12.2 Å². The molecule has 0 bridgehead atoms. The molecule has 1 aliphatic heterocycles. The Kier molecular flexibility index (Phi) is 4.70. The minimum absolute atomic E-state index is 0.121. The van der Waals surface area contributed by atoms with E-state index in [1.807, 2.05) is 0 Å². The zero-order chi connectivity index (χ0) is 13.7. The summed E-state index contributed by atoms with van der Waals surface area (Å²) in [4.78, 5) is 12.2. The van der Waals surface area contributed by atoms with Crippen molar-refractivity contribution in [1.82, 2.24) is 0 Å². The SMILES string of the molecule is NC(=S)COc1cccc(NC(=O)C2CCCO2)c1. The van der Waals surface area contributed by atoms with E-state index in [0.29, 0.717) is 18.0 Å². The maximum absolute atomic E-state index is 11.9. The first-order chi connectivity index (χ1) is 9.15. The van der Waals surface area contributed by atoms with Crippen molar-refractivity contribution in [3.05, 3.63) is 24.3 Å². The fraction of sp³-hybridized carbons (Fsp3) is 0.385. The van der Waals surface area contributed by atoms with Crippen LogP contribution in [0.5, 0.6) is 5.75 Å². The average molecular weight is 280 g/mol. The van der Waals surface area contributed by atoms with Crippen molar-refractivity contribution in [2.75, 3.05) is 18.5 Å². The lowest BCUT2D eigenvalue weighted by atomic mass is 10.2. The van der Waals surface area contributed by atoms with E-state index in [-0.39, 0.29) is 23.6 Å². The molecule has 1 saturated heterocycles. The van der Waals surface area contributed by atoms with Crippen LogP contribution in [0.25, 0.3) is 0 Å². The number of anilines is 1. The van der Waals surface area contributed by atoms with Gasteiger partial charge in [0.1, 0.15) is 23.4 Å². The fourth-order valence-corrected chi connectivity index (χ4v) is 1.88. The van der Waals surface area contributed by atoms with Crippen molar-refractivity contribution in [2.24, 2.45) is 5.73 Å². The Hall–Kier alpha value is -1.66. The highest BCUT2D eigenvalue weighted by atomic mass is 32.1. The molecule has 5 nitrogen and oxygen atoms in total. The molecule has 1 unspecified atom stereocenters. The molecule has 1 aromatic rings. The molecule has 1 amide bonds. The molecule has 1 aromatic carbocycles. The van der Waals surface area contributed by atoms with Crippen molar-refractivity contribution in [2.45, 2.75) is 18.9 Å². The maximum Gasteiger partial charge on any atom is 0.253 e. The first-order valence-corrected chi connectivity index (χ1v) is 6.49. The number of carbonyl (C=O) groups excluding carboxylic acids is 1. The molecule has 2 rings (SSSR count). The number of nitrogens with two attached hydrogens (primary N) is 1. The summed E-state index contributed by atoms with van der Waals surface area (Å²) in [5.41, 5.74) is 6.03. The molecule has 3 N–H and O–H groups in total. The van der Waals surface area contributed by atoms with Crippen LogP contribution in [0.4, 0.5) is 5.69 Å². The van der Waals surface area contributed by atoms with Crippen molar-refractivity contribution in [3.63, 3.8) is 0 Å². The lowest BCUT2D eigenvalue weighted by Crippen LogP contribution is -2.26. The van der Waals surface area contributed by atoms with Gasteiger partial charge in [0.2, 0.25) is 0 Å². The van der Waals surface area contributed by atoms with E-state index < -0.39 is 0 Å². The number of nitrogens with one attached hydrogen (secondary N) is 1. The monoisotopic (exact) mass is 280 g/mol. The number of ether oxygens (including phenoxy) is 2. The van der Waals surface area contributed by atoms with Gasteiger partial charge in [-0.2, -0.15) is 0 Å². The van der Waals surface area contributed by atoms with Crippen molar-refractivity contribution in [1.29, 1.82) is 0 Å². The Balaban J connectivity index is 1.94. The Morgan fingerprint density at radius 1 is 1.58 bits per heavy atom. The molecule has 6 heteroatoms. The molecule has 1 atom stereocenters. The molecule has 19 heavy (non-hydrogen) atoms. The van der Waals surface area contributed by atoms with Gasteiger partial charge in [-0.1, -0.05) is 18.3 Å². The predicted octanol–water partition coefficient (Wildman–Crippen LogP) is 1.47. The Morgan fingerprint density at radius 2 is 2.42 bits per heavy atom. The number of benzene rings is 1. The molecule has 1 heterocycles. The highest BCUT2D eigenvalue weighted by Gasteiger charge is 2.23. The number of hydrogen-bond donors (Lipinski definition) is 2. The Bertz CT molecular complexity index is 473. The maximum atomic E-state index is 11.9. The van der Waals surface area contributed by atoms with Gasteiger partial charge in [-0.15, -0.1) is 0 Å². The summed E-state index contributed by atoms with van der Waals surface area (Å²) in [6, 6.07) is 7.09. The topological polar surface area (TPSA) is 73.6 Å². The van der Waals surface area contributed by atoms with Crippen LogP contribution in [-0.4, -0.2) is 30.2 Å². The predicted molar refractivity (Wildman–Crippen MR) is 76.3 cm³/mol. The van der Waals surface area contributed by atoms with Gasteiger partial charge in [0.25, 0.3) is 5.91 Å². The molecular formula is C13H16N2O3S. The van der Waals surface area contributed by atoms with Gasteiger partial charge < -0.3 is 20.5 Å². The molecule has 0 spiro atoms. The lowest BCUT2D eigenvalue weighted by Gasteiger charge is -2.11. The van der Waals surface area contributed by atoms with E-state index in [1.54, 1.807) is 24.3 Å². The van der Waals surface area contributed by atoms with Crippen molar-refractivity contribution >= 4 is 28.8 Å². The van der Waals surface area contributed by atoms with Crippen LogP contribution in [0.3, 0.4) is 0 Å². The van der Waals surface area contributed by atoms with Crippen LogP contribution in [-0.2, 0) is 9.53 Å². The molecular weight excluding hydrogens is 264 g/mol. The fourth-order valence-electron chi connectivity index (χ4n) is 1.83. The lowest BCUT2D eigenvalue weighted by molar-refractivity contribution is -0.124. The summed E-state index contributed by atoms with van der Waals surface area (Å²) in [5.74, 6) is 0.488. The number of amides is 1. The number of hydrogen-bond acceptors (Lipinski definition) is 4. The number of rotatable bonds is 5. The third-order valence-electron chi connectivity index (χ3n) is 2.70. The minimum atomic E-state index is -0.346. The Labute approximate surface area is 117 Å². The second-order valence-corrected chi connectivity index (χ2v) is 4.80. The zero-order valence-corrected chi connectivity index (χ0v) is 11.2. The standard InChI is InChI=1S/C13H16N2O3S/c14-12(19)8-18-10-4-1-3-9(7-10)15-13(16)11-5-2-6-17-11/h1,3-4,7,11H,2,5-6,8H2,(H2,14,19)(H,15,16). The molecule has 1 fully saturated rings. The first-order valence-electron chi connectivity index (χ1n) is 6.09. The van der Waals surface area contributed by atoms with Crippen LogP contribution in [0.15, 0.2) is 24.3 Å². The Morgan fingerprint density at radius 3 is 3.11 bits per heavy atom. The van der Waals surface area contributed by atoms with Gasteiger partial charge in [-0.25, -0.2) is 0 Å². The molecule has 102 valence electrons. The van der Waals surface area contributed by atoms with Gasteiger partial charge in [-0.3, -0.25) is 4.79 Å². The van der Waals surface area contributed by atoms with E-state index in [9.17, 15) is 4.79 Å². The summed E-state index contributed by atoms with van der Waals surface area (Å²) < 4.78 is 10.7. The first kappa shape index (κ1) is 13.8. The van der Waals surface area contributed by atoms with Crippen LogP contribution in [0.1, 0.15) is 12.8 Å².